The van der Waals surface area contributed by atoms with Gasteiger partial charge in [0, 0.05) is 25.7 Å². The Labute approximate surface area is 98.2 Å². The van der Waals surface area contributed by atoms with Crippen molar-refractivity contribution in [1.82, 2.24) is 15.1 Å². The fourth-order valence-electron chi connectivity index (χ4n) is 2.37. The van der Waals surface area contributed by atoms with Crippen LogP contribution in [0.4, 0.5) is 0 Å². The van der Waals surface area contributed by atoms with Crippen molar-refractivity contribution in [2.24, 2.45) is 13.0 Å². The van der Waals surface area contributed by atoms with Crippen LogP contribution in [0, 0.1) is 5.92 Å². The third kappa shape index (κ3) is 2.85. The van der Waals surface area contributed by atoms with Crippen LogP contribution in [0.3, 0.4) is 0 Å². The molecule has 0 spiro atoms. The molecule has 1 heterocycles. The minimum absolute atomic E-state index is 0.642. The van der Waals surface area contributed by atoms with E-state index in [1.807, 2.05) is 17.9 Å². The summed E-state index contributed by atoms with van der Waals surface area (Å²) < 4.78 is 1.90. The first kappa shape index (κ1) is 11.6. The molecule has 3 nitrogen and oxygen atoms in total. The minimum Gasteiger partial charge on any atom is -0.313 e. The lowest BCUT2D eigenvalue weighted by atomic mass is 9.78. The van der Waals surface area contributed by atoms with Crippen LogP contribution >= 0.6 is 0 Å². The highest BCUT2D eigenvalue weighted by atomic mass is 15.2. The fourth-order valence-corrected chi connectivity index (χ4v) is 2.37. The average Bonchev–Trinajstić information content (AvgIpc) is 2.58. The van der Waals surface area contributed by atoms with Crippen LogP contribution in [-0.4, -0.2) is 22.4 Å². The summed E-state index contributed by atoms with van der Waals surface area (Å²) in [5, 5.41) is 8.16. The fraction of sp³-hybridized carbons (Fsp3) is 0.769. The summed E-state index contributed by atoms with van der Waals surface area (Å²) in [6, 6.07) is 2.78. The van der Waals surface area contributed by atoms with Gasteiger partial charge in [-0.25, -0.2) is 0 Å². The monoisotopic (exact) mass is 221 g/mol. The zero-order chi connectivity index (χ0) is 11.4. The summed E-state index contributed by atoms with van der Waals surface area (Å²) in [4.78, 5) is 0. The number of aryl methyl sites for hydroxylation is 1. The molecule has 0 amide bonds. The Hall–Kier alpha value is -0.830. The smallest absolute Gasteiger partial charge is 0.0640 e. The first-order valence-corrected chi connectivity index (χ1v) is 6.51. The van der Waals surface area contributed by atoms with Gasteiger partial charge in [0.25, 0.3) is 0 Å². The maximum atomic E-state index is 4.48. The molecule has 0 aromatic carbocycles. The minimum atomic E-state index is 0.642. The first-order valence-electron chi connectivity index (χ1n) is 6.51. The van der Waals surface area contributed by atoms with Crippen LogP contribution in [0.2, 0.25) is 0 Å². The van der Waals surface area contributed by atoms with Gasteiger partial charge in [-0.3, -0.25) is 4.68 Å². The molecule has 2 rings (SSSR count). The second-order valence-electron chi connectivity index (χ2n) is 4.94. The lowest BCUT2D eigenvalue weighted by Crippen LogP contribution is -2.41. The second kappa shape index (κ2) is 5.48. The zero-order valence-corrected chi connectivity index (χ0v) is 10.4. The SMILES string of the molecule is CCCNC(Cc1ccn(C)n1)C1CCC1. The van der Waals surface area contributed by atoms with Gasteiger partial charge in [0.05, 0.1) is 5.69 Å². The van der Waals surface area contributed by atoms with Crippen molar-refractivity contribution < 1.29 is 0 Å². The molecule has 1 N–H and O–H groups in total. The van der Waals surface area contributed by atoms with E-state index in [9.17, 15) is 0 Å². The van der Waals surface area contributed by atoms with E-state index in [2.05, 4.69) is 23.4 Å². The molecule has 0 radical (unpaired) electrons. The van der Waals surface area contributed by atoms with Crippen molar-refractivity contribution >= 4 is 0 Å². The third-order valence-electron chi connectivity index (χ3n) is 3.57. The summed E-state index contributed by atoms with van der Waals surface area (Å²) >= 11 is 0. The van der Waals surface area contributed by atoms with E-state index in [0.717, 1.165) is 18.9 Å². The van der Waals surface area contributed by atoms with Gasteiger partial charge >= 0.3 is 0 Å². The molecule has 1 aliphatic rings. The maximum Gasteiger partial charge on any atom is 0.0640 e. The quantitative estimate of drug-likeness (QED) is 0.797. The number of hydrogen-bond acceptors (Lipinski definition) is 2. The summed E-state index contributed by atoms with van der Waals surface area (Å²) in [6.45, 7) is 3.36. The molecule has 1 unspecified atom stereocenters. The van der Waals surface area contributed by atoms with Crippen molar-refractivity contribution in [2.75, 3.05) is 6.54 Å². The molecule has 90 valence electrons. The van der Waals surface area contributed by atoms with Crippen LogP contribution < -0.4 is 5.32 Å². The Kier molecular flexibility index (Phi) is 3.99. The van der Waals surface area contributed by atoms with Crippen molar-refractivity contribution in [3.05, 3.63) is 18.0 Å². The molecule has 0 saturated heterocycles. The Morgan fingerprint density at radius 2 is 2.38 bits per heavy atom. The first-order chi connectivity index (χ1) is 7.79. The van der Waals surface area contributed by atoms with E-state index >= 15 is 0 Å². The van der Waals surface area contributed by atoms with Crippen molar-refractivity contribution in [1.29, 1.82) is 0 Å². The second-order valence-corrected chi connectivity index (χ2v) is 4.94. The van der Waals surface area contributed by atoms with E-state index in [4.69, 9.17) is 0 Å². The van der Waals surface area contributed by atoms with Gasteiger partial charge in [-0.2, -0.15) is 5.10 Å². The van der Waals surface area contributed by atoms with E-state index in [1.54, 1.807) is 0 Å². The maximum absolute atomic E-state index is 4.48. The molecule has 0 aliphatic heterocycles. The van der Waals surface area contributed by atoms with Gasteiger partial charge in [0.2, 0.25) is 0 Å². The number of nitrogens with one attached hydrogen (secondary N) is 1. The van der Waals surface area contributed by atoms with Gasteiger partial charge in [0.15, 0.2) is 0 Å². The Balaban J connectivity index is 1.90. The summed E-state index contributed by atoms with van der Waals surface area (Å²) in [5.41, 5.74) is 1.23. The van der Waals surface area contributed by atoms with Crippen molar-refractivity contribution in [3.63, 3.8) is 0 Å². The average molecular weight is 221 g/mol. The third-order valence-corrected chi connectivity index (χ3v) is 3.57. The largest absolute Gasteiger partial charge is 0.313 e. The molecule has 1 aromatic rings. The van der Waals surface area contributed by atoms with Crippen LogP contribution in [-0.2, 0) is 13.5 Å². The van der Waals surface area contributed by atoms with Crippen LogP contribution in [0.1, 0.15) is 38.3 Å². The molecule has 16 heavy (non-hydrogen) atoms. The molecule has 0 bridgehead atoms. The van der Waals surface area contributed by atoms with Gasteiger partial charge in [-0.05, 0) is 37.8 Å². The van der Waals surface area contributed by atoms with Crippen molar-refractivity contribution in [3.8, 4) is 0 Å². The highest BCUT2D eigenvalue weighted by molar-refractivity contribution is 5.03. The van der Waals surface area contributed by atoms with Gasteiger partial charge in [0.1, 0.15) is 0 Å². The van der Waals surface area contributed by atoms with Crippen LogP contribution in [0.15, 0.2) is 12.3 Å². The van der Waals surface area contributed by atoms with E-state index in [0.29, 0.717) is 6.04 Å². The number of rotatable bonds is 6. The summed E-state index contributed by atoms with van der Waals surface area (Å²) in [6.07, 6.45) is 8.55. The van der Waals surface area contributed by atoms with E-state index in [1.165, 1.54) is 31.4 Å². The Morgan fingerprint density at radius 1 is 1.56 bits per heavy atom. The lowest BCUT2D eigenvalue weighted by molar-refractivity contribution is 0.226. The van der Waals surface area contributed by atoms with Gasteiger partial charge < -0.3 is 5.32 Å². The van der Waals surface area contributed by atoms with Gasteiger partial charge in [-0.15, -0.1) is 0 Å². The van der Waals surface area contributed by atoms with Crippen molar-refractivity contribution in [2.45, 2.75) is 45.1 Å². The number of aromatic nitrogens is 2. The highest BCUT2D eigenvalue weighted by Crippen LogP contribution is 2.30. The highest BCUT2D eigenvalue weighted by Gasteiger charge is 2.27. The topological polar surface area (TPSA) is 29.9 Å². The molecular formula is C13H23N3. The molecule has 3 heteroatoms. The molecule has 1 aromatic heterocycles. The molecular weight excluding hydrogens is 198 g/mol. The van der Waals surface area contributed by atoms with Crippen LogP contribution in [0.5, 0.6) is 0 Å². The Morgan fingerprint density at radius 3 is 2.88 bits per heavy atom. The summed E-state index contributed by atoms with van der Waals surface area (Å²) in [5.74, 6) is 0.883. The van der Waals surface area contributed by atoms with Gasteiger partial charge in [-0.1, -0.05) is 13.3 Å². The lowest BCUT2D eigenvalue weighted by Gasteiger charge is -2.34. The van der Waals surface area contributed by atoms with E-state index < -0.39 is 0 Å². The van der Waals surface area contributed by atoms with Crippen LogP contribution in [0.25, 0.3) is 0 Å². The zero-order valence-electron chi connectivity index (χ0n) is 10.4. The summed E-state index contributed by atoms with van der Waals surface area (Å²) in [7, 11) is 1.99. The predicted octanol–water partition coefficient (Wildman–Crippen LogP) is 2.13. The molecule has 1 atom stereocenters. The van der Waals surface area contributed by atoms with E-state index in [-0.39, 0.29) is 0 Å². The number of nitrogens with zero attached hydrogens (tertiary/aromatic N) is 2. The standard InChI is InChI=1S/C13H23N3/c1-3-8-14-13(11-5-4-6-11)10-12-7-9-16(2)15-12/h7,9,11,13-14H,3-6,8,10H2,1-2H3. The Bertz CT molecular complexity index is 315. The molecule has 1 aliphatic carbocycles. The predicted molar refractivity (Wildman–Crippen MR) is 66.3 cm³/mol. The molecule has 1 saturated carbocycles. The normalized spacial score (nSPS) is 18.4. The molecule has 1 fully saturated rings. The number of hydrogen-bond donors (Lipinski definition) is 1.